The third-order valence-electron chi connectivity index (χ3n) is 5.39. The van der Waals surface area contributed by atoms with Crippen molar-refractivity contribution in [2.75, 3.05) is 0 Å². The molecule has 160 valence electrons. The summed E-state index contributed by atoms with van der Waals surface area (Å²) in [5.74, 6) is -0.868. The number of nitrogens with zero attached hydrogens (tertiary/aromatic N) is 4. The van der Waals surface area contributed by atoms with Crippen LogP contribution in [0.25, 0.3) is 16.7 Å². The Labute approximate surface area is 174 Å². The minimum absolute atomic E-state index is 0.107. The van der Waals surface area contributed by atoms with Crippen molar-refractivity contribution >= 4 is 22.7 Å². The fraction of sp³-hybridized carbons (Fsp3) is 0.333. The van der Waals surface area contributed by atoms with Gasteiger partial charge in [0, 0.05) is 24.2 Å². The van der Waals surface area contributed by atoms with Crippen molar-refractivity contribution in [1.29, 1.82) is 0 Å². The van der Waals surface area contributed by atoms with Crippen LogP contribution in [-0.2, 0) is 6.54 Å². The van der Waals surface area contributed by atoms with Crippen LogP contribution >= 0.6 is 0 Å². The average Bonchev–Trinajstić information content (AvgIpc) is 3.43. The van der Waals surface area contributed by atoms with Gasteiger partial charge in [0.25, 0.3) is 12.3 Å². The summed E-state index contributed by atoms with van der Waals surface area (Å²) in [7, 11) is 0. The molecule has 0 saturated heterocycles. The first-order valence-corrected chi connectivity index (χ1v) is 9.98. The summed E-state index contributed by atoms with van der Waals surface area (Å²) < 4.78 is 34.7. The molecule has 0 spiro atoms. The summed E-state index contributed by atoms with van der Waals surface area (Å²) in [6.07, 6.45) is 0.295. The molecule has 3 heterocycles. The van der Waals surface area contributed by atoms with Gasteiger partial charge in [-0.15, -0.1) is 0 Å². The van der Waals surface area contributed by atoms with Crippen LogP contribution < -0.4 is 11.1 Å². The molecule has 1 amide bonds. The van der Waals surface area contributed by atoms with Crippen molar-refractivity contribution in [3.63, 3.8) is 0 Å². The predicted octanol–water partition coefficient (Wildman–Crippen LogP) is 3.27. The zero-order valence-corrected chi connectivity index (χ0v) is 16.6. The lowest BCUT2D eigenvalue weighted by Gasteiger charge is -2.14. The van der Waals surface area contributed by atoms with E-state index in [2.05, 4.69) is 15.4 Å². The second-order valence-electron chi connectivity index (χ2n) is 7.80. The summed E-state index contributed by atoms with van der Waals surface area (Å²) in [4.78, 5) is 29.5. The van der Waals surface area contributed by atoms with E-state index in [9.17, 15) is 18.4 Å². The molecule has 0 aliphatic heterocycles. The Balaban J connectivity index is 1.42. The van der Waals surface area contributed by atoms with Crippen molar-refractivity contribution in [3.05, 3.63) is 64.0 Å². The standard InChI is InChI=1S/C21H19F2N5O3/c1-11(10-27-15-4-2-3-5-17(15)31-21(27)30)25-20(29)13-9-24-28-16(18(22)23)8-14(12-6-7-12)26-19(13)28/h2-5,8-9,11-12,18H,6-7,10H2,1H3,(H,25,29)/t11-/m0/s1. The average molecular weight is 427 g/mol. The Kier molecular flexibility index (Phi) is 4.57. The molecule has 1 N–H and O–H groups in total. The van der Waals surface area contributed by atoms with Crippen LogP contribution in [0, 0.1) is 0 Å². The number of nitrogens with one attached hydrogen (secondary N) is 1. The first kappa shape index (κ1) is 19.4. The van der Waals surface area contributed by atoms with E-state index in [4.69, 9.17) is 4.42 Å². The van der Waals surface area contributed by atoms with Gasteiger partial charge in [-0.1, -0.05) is 12.1 Å². The second kappa shape index (κ2) is 7.29. The maximum Gasteiger partial charge on any atom is 0.420 e. The molecular weight excluding hydrogens is 408 g/mol. The minimum Gasteiger partial charge on any atom is -0.408 e. The van der Waals surface area contributed by atoms with Crippen LogP contribution in [0.2, 0.25) is 0 Å². The molecule has 0 unspecified atom stereocenters. The van der Waals surface area contributed by atoms with Gasteiger partial charge in [0.05, 0.1) is 11.7 Å². The Morgan fingerprint density at radius 2 is 2.10 bits per heavy atom. The number of rotatable bonds is 6. The van der Waals surface area contributed by atoms with Gasteiger partial charge in [0.2, 0.25) is 0 Å². The number of amides is 1. The first-order valence-electron chi connectivity index (χ1n) is 9.98. The Hall–Kier alpha value is -3.56. The lowest BCUT2D eigenvalue weighted by Crippen LogP contribution is -2.37. The number of para-hydroxylation sites is 2. The fourth-order valence-electron chi connectivity index (χ4n) is 3.72. The van der Waals surface area contributed by atoms with Crippen molar-refractivity contribution < 1.29 is 18.0 Å². The van der Waals surface area contributed by atoms with Gasteiger partial charge in [-0.3, -0.25) is 9.36 Å². The summed E-state index contributed by atoms with van der Waals surface area (Å²) in [5, 5.41) is 6.76. The highest BCUT2D eigenvalue weighted by Gasteiger charge is 2.29. The summed E-state index contributed by atoms with van der Waals surface area (Å²) >= 11 is 0. The van der Waals surface area contributed by atoms with Crippen LogP contribution in [0.3, 0.4) is 0 Å². The van der Waals surface area contributed by atoms with E-state index in [-0.39, 0.29) is 29.4 Å². The maximum atomic E-state index is 13.5. The molecule has 1 saturated carbocycles. The van der Waals surface area contributed by atoms with Crippen molar-refractivity contribution in [3.8, 4) is 0 Å². The Morgan fingerprint density at radius 1 is 1.32 bits per heavy atom. The van der Waals surface area contributed by atoms with Gasteiger partial charge < -0.3 is 9.73 Å². The van der Waals surface area contributed by atoms with E-state index in [1.54, 1.807) is 31.2 Å². The van der Waals surface area contributed by atoms with Crippen molar-refractivity contribution in [2.45, 2.75) is 44.7 Å². The molecule has 10 heteroatoms. The van der Waals surface area contributed by atoms with Gasteiger partial charge >= 0.3 is 5.76 Å². The normalized spacial score (nSPS) is 15.1. The highest BCUT2D eigenvalue weighted by atomic mass is 19.3. The van der Waals surface area contributed by atoms with Gasteiger partial charge in [0.1, 0.15) is 11.3 Å². The largest absolute Gasteiger partial charge is 0.420 e. The number of fused-ring (bicyclic) bond motifs is 2. The summed E-state index contributed by atoms with van der Waals surface area (Å²) in [5.41, 5.74) is 1.58. The van der Waals surface area contributed by atoms with E-state index in [0.29, 0.717) is 16.8 Å². The van der Waals surface area contributed by atoms with Gasteiger partial charge in [-0.05, 0) is 38.0 Å². The molecule has 1 atom stereocenters. The van der Waals surface area contributed by atoms with Crippen LogP contribution in [0.1, 0.15) is 53.9 Å². The fourth-order valence-corrected chi connectivity index (χ4v) is 3.72. The van der Waals surface area contributed by atoms with Crippen molar-refractivity contribution in [1.82, 2.24) is 24.5 Å². The topological polar surface area (TPSA) is 94.4 Å². The molecule has 31 heavy (non-hydrogen) atoms. The highest BCUT2D eigenvalue weighted by molar-refractivity contribution is 5.99. The third kappa shape index (κ3) is 3.47. The van der Waals surface area contributed by atoms with Crippen LogP contribution in [-0.4, -0.2) is 31.1 Å². The van der Waals surface area contributed by atoms with Crippen LogP contribution in [0.4, 0.5) is 8.78 Å². The lowest BCUT2D eigenvalue weighted by molar-refractivity contribution is 0.0937. The second-order valence-corrected chi connectivity index (χ2v) is 7.80. The van der Waals surface area contributed by atoms with E-state index < -0.39 is 24.1 Å². The Bertz CT molecular complexity index is 1350. The molecule has 0 bridgehead atoms. The number of halogens is 2. The number of benzene rings is 1. The zero-order valence-electron chi connectivity index (χ0n) is 16.6. The van der Waals surface area contributed by atoms with E-state index in [1.165, 1.54) is 16.8 Å². The third-order valence-corrected chi connectivity index (χ3v) is 5.39. The number of carbonyl (C=O) groups excluding carboxylic acids is 1. The molecular formula is C21H19F2N5O3. The first-order chi connectivity index (χ1) is 14.9. The molecule has 4 aromatic rings. The monoisotopic (exact) mass is 427 g/mol. The molecule has 1 aliphatic rings. The predicted molar refractivity (Wildman–Crippen MR) is 107 cm³/mol. The molecule has 8 nitrogen and oxygen atoms in total. The molecule has 1 aromatic carbocycles. The van der Waals surface area contributed by atoms with Crippen LogP contribution in [0.5, 0.6) is 0 Å². The molecule has 3 aromatic heterocycles. The van der Waals surface area contributed by atoms with Gasteiger partial charge in [-0.2, -0.15) is 5.10 Å². The van der Waals surface area contributed by atoms with E-state index >= 15 is 0 Å². The number of oxazole rings is 1. The molecule has 5 rings (SSSR count). The Morgan fingerprint density at radius 3 is 2.84 bits per heavy atom. The van der Waals surface area contributed by atoms with Gasteiger partial charge in [0.15, 0.2) is 11.2 Å². The highest BCUT2D eigenvalue weighted by Crippen LogP contribution is 2.40. The molecule has 1 fully saturated rings. The van der Waals surface area contributed by atoms with E-state index in [1.807, 2.05) is 0 Å². The number of carbonyl (C=O) groups is 1. The smallest absolute Gasteiger partial charge is 0.408 e. The minimum atomic E-state index is -2.74. The lowest BCUT2D eigenvalue weighted by atomic mass is 10.2. The van der Waals surface area contributed by atoms with Crippen LogP contribution in [0.15, 0.2) is 45.7 Å². The van der Waals surface area contributed by atoms with Gasteiger partial charge in [-0.25, -0.2) is 23.1 Å². The SMILES string of the molecule is C[C@@H](Cn1c(=O)oc2ccccc21)NC(=O)c1cnn2c(C(F)F)cc(C3CC3)nc12. The number of alkyl halides is 2. The van der Waals surface area contributed by atoms with Crippen molar-refractivity contribution in [2.24, 2.45) is 0 Å². The maximum absolute atomic E-state index is 13.5. The van der Waals surface area contributed by atoms with E-state index in [0.717, 1.165) is 17.4 Å². The molecule has 1 aliphatic carbocycles. The summed E-state index contributed by atoms with van der Waals surface area (Å²) in [6, 6.07) is 7.93. The quantitative estimate of drug-likeness (QED) is 0.510. The summed E-state index contributed by atoms with van der Waals surface area (Å²) in [6.45, 7) is 1.93. The number of hydrogen-bond acceptors (Lipinski definition) is 5. The zero-order chi connectivity index (χ0) is 21.7. The number of hydrogen-bond donors (Lipinski definition) is 1. The number of aromatic nitrogens is 4. The molecule has 0 radical (unpaired) electrons.